The van der Waals surface area contributed by atoms with Gasteiger partial charge in [0, 0.05) is 6.54 Å². The molecule has 1 rings (SSSR count). The van der Waals surface area contributed by atoms with Crippen LogP contribution in [0.2, 0.25) is 0 Å². The van der Waals surface area contributed by atoms with Crippen LogP contribution in [0.4, 0.5) is 0 Å². The number of benzene rings is 1. The first kappa shape index (κ1) is 17.4. The fraction of sp³-hybridized carbons (Fsp3) is 0.529. The Labute approximate surface area is 128 Å². The van der Waals surface area contributed by atoms with Crippen molar-refractivity contribution in [3.63, 3.8) is 0 Å². The van der Waals surface area contributed by atoms with Crippen LogP contribution < -0.4 is 19.5 Å². The van der Waals surface area contributed by atoms with Crippen LogP contribution in [0, 0.1) is 5.92 Å². The number of nitrogens with one attached hydrogen (secondary N) is 1. The normalized spacial score (nSPS) is 11.7. The summed E-state index contributed by atoms with van der Waals surface area (Å²) < 4.78 is 16.1. The zero-order valence-electron chi connectivity index (χ0n) is 13.9. The summed E-state index contributed by atoms with van der Waals surface area (Å²) in [6.45, 7) is 8.39. The van der Waals surface area contributed by atoms with Crippen LogP contribution in [0.25, 0.3) is 6.08 Å². The maximum atomic E-state index is 5.36. The summed E-state index contributed by atoms with van der Waals surface area (Å²) in [5.74, 6) is 2.61. The molecule has 4 heteroatoms. The molecule has 1 aromatic rings. The number of hydrogen-bond acceptors (Lipinski definition) is 4. The minimum Gasteiger partial charge on any atom is -0.493 e. The smallest absolute Gasteiger partial charge is 0.203 e. The molecule has 0 unspecified atom stereocenters. The van der Waals surface area contributed by atoms with Crippen LogP contribution in [0.3, 0.4) is 0 Å². The quantitative estimate of drug-likeness (QED) is 0.798. The third-order valence-electron chi connectivity index (χ3n) is 3.06. The fourth-order valence-corrected chi connectivity index (χ4v) is 2.08. The Bertz CT molecular complexity index is 456. The molecule has 118 valence electrons. The molecule has 0 radical (unpaired) electrons. The van der Waals surface area contributed by atoms with E-state index >= 15 is 0 Å². The summed E-state index contributed by atoms with van der Waals surface area (Å²) in [6.07, 6.45) is 2.12. The Morgan fingerprint density at radius 2 is 1.67 bits per heavy atom. The second kappa shape index (κ2) is 8.57. The zero-order chi connectivity index (χ0) is 15.8. The molecule has 0 aromatic heterocycles. The number of hydrogen-bond donors (Lipinski definition) is 1. The van der Waals surface area contributed by atoms with E-state index in [1.165, 1.54) is 5.57 Å². The first-order valence-corrected chi connectivity index (χ1v) is 7.19. The molecule has 0 heterocycles. The standard InChI is InChI=1S/C17H27NO3/c1-12(2)10-18-11-13(3)7-14-8-15(19-4)17(21-6)16(9-14)20-5/h7-9,12,18H,10-11H2,1-6H3. The average molecular weight is 293 g/mol. The highest BCUT2D eigenvalue weighted by Gasteiger charge is 2.12. The lowest BCUT2D eigenvalue weighted by atomic mass is 10.1. The number of rotatable bonds is 8. The summed E-state index contributed by atoms with van der Waals surface area (Å²) >= 11 is 0. The number of methoxy groups -OCH3 is 3. The Morgan fingerprint density at radius 3 is 2.10 bits per heavy atom. The van der Waals surface area contributed by atoms with Crippen molar-refractivity contribution < 1.29 is 14.2 Å². The van der Waals surface area contributed by atoms with E-state index in [-0.39, 0.29) is 0 Å². The lowest BCUT2D eigenvalue weighted by Crippen LogP contribution is -2.21. The Hall–Kier alpha value is -1.68. The molecular weight excluding hydrogens is 266 g/mol. The van der Waals surface area contributed by atoms with Crippen LogP contribution in [0.5, 0.6) is 17.2 Å². The van der Waals surface area contributed by atoms with E-state index < -0.39 is 0 Å². The summed E-state index contributed by atoms with van der Waals surface area (Å²) in [5.41, 5.74) is 2.29. The van der Waals surface area contributed by atoms with Crippen LogP contribution in [0.1, 0.15) is 26.3 Å². The van der Waals surface area contributed by atoms with Crippen LogP contribution in [-0.2, 0) is 0 Å². The van der Waals surface area contributed by atoms with Gasteiger partial charge in [0.25, 0.3) is 0 Å². The molecule has 0 aliphatic carbocycles. The van der Waals surface area contributed by atoms with Gasteiger partial charge < -0.3 is 19.5 Å². The molecule has 0 aliphatic heterocycles. The van der Waals surface area contributed by atoms with Crippen molar-refractivity contribution in [3.05, 3.63) is 23.3 Å². The molecule has 0 fully saturated rings. The predicted molar refractivity (Wildman–Crippen MR) is 87.5 cm³/mol. The molecule has 21 heavy (non-hydrogen) atoms. The van der Waals surface area contributed by atoms with Crippen LogP contribution in [-0.4, -0.2) is 34.4 Å². The van der Waals surface area contributed by atoms with Gasteiger partial charge >= 0.3 is 0 Å². The van der Waals surface area contributed by atoms with Gasteiger partial charge in [0.05, 0.1) is 21.3 Å². The van der Waals surface area contributed by atoms with E-state index in [0.29, 0.717) is 23.2 Å². The van der Waals surface area contributed by atoms with Crippen molar-refractivity contribution in [2.24, 2.45) is 5.92 Å². The molecular formula is C17H27NO3. The Kier molecular flexibility index (Phi) is 7.09. The van der Waals surface area contributed by atoms with E-state index in [1.54, 1.807) is 21.3 Å². The van der Waals surface area contributed by atoms with Gasteiger partial charge in [0.15, 0.2) is 11.5 Å². The maximum absolute atomic E-state index is 5.36. The molecule has 1 N–H and O–H groups in total. The Balaban J connectivity index is 2.92. The summed E-state index contributed by atoms with van der Waals surface area (Å²) in [5, 5.41) is 3.43. The molecule has 0 bridgehead atoms. The fourth-order valence-electron chi connectivity index (χ4n) is 2.08. The third kappa shape index (κ3) is 5.31. The van der Waals surface area contributed by atoms with E-state index in [1.807, 2.05) is 12.1 Å². The van der Waals surface area contributed by atoms with E-state index in [9.17, 15) is 0 Å². The van der Waals surface area contributed by atoms with Gasteiger partial charge in [-0.3, -0.25) is 0 Å². The zero-order valence-corrected chi connectivity index (χ0v) is 13.9. The van der Waals surface area contributed by atoms with Gasteiger partial charge in [-0.1, -0.05) is 25.5 Å². The van der Waals surface area contributed by atoms with Crippen molar-refractivity contribution in [2.45, 2.75) is 20.8 Å². The average Bonchev–Trinajstić information content (AvgIpc) is 2.45. The van der Waals surface area contributed by atoms with Crippen molar-refractivity contribution in [2.75, 3.05) is 34.4 Å². The second-order valence-corrected chi connectivity index (χ2v) is 5.47. The minimum absolute atomic E-state index is 0.618. The van der Waals surface area contributed by atoms with Gasteiger partial charge in [-0.15, -0.1) is 0 Å². The topological polar surface area (TPSA) is 39.7 Å². The molecule has 0 saturated heterocycles. The van der Waals surface area contributed by atoms with Crippen LogP contribution in [0.15, 0.2) is 17.7 Å². The van der Waals surface area contributed by atoms with E-state index in [0.717, 1.165) is 18.7 Å². The molecule has 0 atom stereocenters. The van der Waals surface area contributed by atoms with Crippen molar-refractivity contribution >= 4 is 6.08 Å². The van der Waals surface area contributed by atoms with Crippen molar-refractivity contribution in [1.29, 1.82) is 0 Å². The van der Waals surface area contributed by atoms with E-state index in [4.69, 9.17) is 14.2 Å². The minimum atomic E-state index is 0.618. The molecule has 1 aromatic carbocycles. The highest BCUT2D eigenvalue weighted by atomic mass is 16.5. The first-order valence-electron chi connectivity index (χ1n) is 7.19. The van der Waals surface area contributed by atoms with Gasteiger partial charge in [0.2, 0.25) is 5.75 Å². The highest BCUT2D eigenvalue weighted by Crippen LogP contribution is 2.38. The first-order chi connectivity index (χ1) is 10.0. The SMILES string of the molecule is COc1cc(C=C(C)CNCC(C)C)cc(OC)c1OC. The van der Waals surface area contributed by atoms with Gasteiger partial charge in [-0.25, -0.2) is 0 Å². The van der Waals surface area contributed by atoms with Crippen molar-refractivity contribution in [3.8, 4) is 17.2 Å². The Morgan fingerprint density at radius 1 is 1.10 bits per heavy atom. The molecule has 0 saturated carbocycles. The molecule has 0 aliphatic rings. The monoisotopic (exact) mass is 293 g/mol. The summed E-state index contributed by atoms with van der Waals surface area (Å²) in [7, 11) is 4.86. The third-order valence-corrected chi connectivity index (χ3v) is 3.06. The van der Waals surface area contributed by atoms with Crippen molar-refractivity contribution in [1.82, 2.24) is 5.32 Å². The largest absolute Gasteiger partial charge is 0.493 e. The second-order valence-electron chi connectivity index (χ2n) is 5.47. The van der Waals surface area contributed by atoms with Gasteiger partial charge in [-0.2, -0.15) is 0 Å². The van der Waals surface area contributed by atoms with E-state index in [2.05, 4.69) is 32.2 Å². The lowest BCUT2D eigenvalue weighted by molar-refractivity contribution is 0.324. The summed E-state index contributed by atoms with van der Waals surface area (Å²) in [6, 6.07) is 3.90. The molecule has 0 amide bonds. The highest BCUT2D eigenvalue weighted by molar-refractivity contribution is 5.63. The molecule has 4 nitrogen and oxygen atoms in total. The lowest BCUT2D eigenvalue weighted by Gasteiger charge is -2.13. The molecule has 0 spiro atoms. The maximum Gasteiger partial charge on any atom is 0.203 e. The van der Waals surface area contributed by atoms with Gasteiger partial charge in [0.1, 0.15) is 0 Å². The van der Waals surface area contributed by atoms with Gasteiger partial charge in [-0.05, 0) is 37.1 Å². The predicted octanol–water partition coefficient (Wildman–Crippen LogP) is 3.36. The number of ether oxygens (including phenoxy) is 3. The van der Waals surface area contributed by atoms with Crippen LogP contribution >= 0.6 is 0 Å². The summed E-state index contributed by atoms with van der Waals surface area (Å²) in [4.78, 5) is 0.